The Bertz CT molecular complexity index is 766. The van der Waals surface area contributed by atoms with Crippen LogP contribution in [0.5, 0.6) is 0 Å². The minimum atomic E-state index is -0.258. The molecule has 24 heavy (non-hydrogen) atoms. The van der Waals surface area contributed by atoms with Gasteiger partial charge in [0.1, 0.15) is 5.82 Å². The lowest BCUT2D eigenvalue weighted by Crippen LogP contribution is -2.28. The number of amides is 3. The fourth-order valence-corrected chi connectivity index (χ4v) is 2.47. The zero-order valence-electron chi connectivity index (χ0n) is 13.3. The van der Waals surface area contributed by atoms with Crippen molar-refractivity contribution >= 4 is 23.5 Å². The maximum absolute atomic E-state index is 12.2. The number of nitrogens with one attached hydrogen (secondary N) is 1. The molecule has 0 unspecified atom stereocenters. The van der Waals surface area contributed by atoms with Crippen molar-refractivity contribution in [2.45, 2.75) is 26.3 Å². The number of likely N-dealkylation sites (tertiary alicyclic amines) is 1. The fraction of sp³-hybridized carbons (Fsp3) is 0.222. The summed E-state index contributed by atoms with van der Waals surface area (Å²) in [6, 6.07) is 10.4. The van der Waals surface area contributed by atoms with Crippen LogP contribution in [0.2, 0.25) is 0 Å². The lowest BCUT2D eigenvalue weighted by molar-refractivity contribution is -0.139. The van der Waals surface area contributed by atoms with Crippen molar-refractivity contribution < 1.29 is 14.4 Å². The first-order valence-corrected chi connectivity index (χ1v) is 7.69. The van der Waals surface area contributed by atoms with Crippen LogP contribution in [0, 0.1) is 6.92 Å². The maximum atomic E-state index is 12.2. The lowest BCUT2D eigenvalue weighted by Gasteiger charge is -2.13. The number of imide groups is 1. The number of hydrogen-bond acceptors (Lipinski definition) is 4. The highest BCUT2D eigenvalue weighted by Gasteiger charge is 2.28. The second-order valence-corrected chi connectivity index (χ2v) is 5.75. The van der Waals surface area contributed by atoms with Crippen LogP contribution in [-0.4, -0.2) is 27.6 Å². The number of hydrogen-bond donors (Lipinski definition) is 1. The van der Waals surface area contributed by atoms with Crippen LogP contribution in [0.25, 0.3) is 0 Å². The Morgan fingerprint density at radius 3 is 2.33 bits per heavy atom. The molecule has 1 aromatic carbocycles. The molecule has 6 nitrogen and oxygen atoms in total. The van der Waals surface area contributed by atoms with Gasteiger partial charge >= 0.3 is 0 Å². The molecule has 3 amide bonds. The highest BCUT2D eigenvalue weighted by atomic mass is 16.2. The number of aryl methyl sites for hydroxylation is 1. The van der Waals surface area contributed by atoms with Gasteiger partial charge in [-0.2, -0.15) is 0 Å². The highest BCUT2D eigenvalue weighted by Crippen LogP contribution is 2.16. The summed E-state index contributed by atoms with van der Waals surface area (Å²) in [5.74, 6) is -0.0614. The number of benzene rings is 1. The van der Waals surface area contributed by atoms with Crippen molar-refractivity contribution in [3.05, 3.63) is 59.3 Å². The minimum Gasteiger partial charge on any atom is -0.307 e. The number of carbonyl (C=O) groups excluding carboxylic acids is 3. The molecule has 2 heterocycles. The van der Waals surface area contributed by atoms with E-state index in [0.717, 1.165) is 11.1 Å². The van der Waals surface area contributed by atoms with Gasteiger partial charge in [0.15, 0.2) is 0 Å². The van der Waals surface area contributed by atoms with E-state index in [4.69, 9.17) is 0 Å². The van der Waals surface area contributed by atoms with Crippen molar-refractivity contribution in [2.75, 3.05) is 5.32 Å². The first-order valence-electron chi connectivity index (χ1n) is 7.69. The Labute approximate surface area is 139 Å². The van der Waals surface area contributed by atoms with E-state index < -0.39 is 0 Å². The SMILES string of the molecule is Cc1ccc(NC(=O)c2ccc(CN3C(=O)CCC3=O)cc2)nc1. The van der Waals surface area contributed by atoms with Gasteiger partial charge in [0.05, 0.1) is 6.54 Å². The van der Waals surface area contributed by atoms with Gasteiger partial charge in [-0.25, -0.2) is 4.98 Å². The number of rotatable bonds is 4. The van der Waals surface area contributed by atoms with E-state index in [-0.39, 0.29) is 37.1 Å². The Morgan fingerprint density at radius 1 is 1.08 bits per heavy atom. The zero-order chi connectivity index (χ0) is 17.1. The van der Waals surface area contributed by atoms with Crippen molar-refractivity contribution in [1.82, 2.24) is 9.88 Å². The summed E-state index contributed by atoms with van der Waals surface area (Å²) in [5.41, 5.74) is 2.31. The monoisotopic (exact) mass is 323 g/mol. The molecule has 3 rings (SSSR count). The van der Waals surface area contributed by atoms with Gasteiger partial charge in [-0.15, -0.1) is 0 Å². The van der Waals surface area contributed by atoms with Crippen LogP contribution >= 0.6 is 0 Å². The number of aromatic nitrogens is 1. The second kappa shape index (κ2) is 6.62. The highest BCUT2D eigenvalue weighted by molar-refractivity contribution is 6.04. The summed E-state index contributed by atoms with van der Waals surface area (Å²) in [4.78, 5) is 40.8. The summed E-state index contributed by atoms with van der Waals surface area (Å²) < 4.78 is 0. The average Bonchev–Trinajstić information content (AvgIpc) is 2.89. The quantitative estimate of drug-likeness (QED) is 0.876. The van der Waals surface area contributed by atoms with Crippen LogP contribution in [0.4, 0.5) is 5.82 Å². The third-order valence-electron chi connectivity index (χ3n) is 3.86. The van der Waals surface area contributed by atoms with Crippen molar-refractivity contribution in [3.63, 3.8) is 0 Å². The Balaban J connectivity index is 1.65. The molecule has 122 valence electrons. The first kappa shape index (κ1) is 15.9. The van der Waals surface area contributed by atoms with Crippen LogP contribution in [0.3, 0.4) is 0 Å². The largest absolute Gasteiger partial charge is 0.307 e. The molecular weight excluding hydrogens is 306 g/mol. The fourth-order valence-electron chi connectivity index (χ4n) is 2.47. The molecule has 0 aliphatic carbocycles. The zero-order valence-corrected chi connectivity index (χ0v) is 13.3. The predicted octanol–water partition coefficient (Wildman–Crippen LogP) is 2.29. The van der Waals surface area contributed by atoms with Crippen molar-refractivity contribution in [2.24, 2.45) is 0 Å². The normalized spacial score (nSPS) is 14.1. The van der Waals surface area contributed by atoms with Crippen molar-refractivity contribution in [1.29, 1.82) is 0 Å². The Hall–Kier alpha value is -3.02. The third kappa shape index (κ3) is 3.48. The van der Waals surface area contributed by atoms with Crippen LogP contribution in [-0.2, 0) is 16.1 Å². The first-order chi connectivity index (χ1) is 11.5. The standard InChI is InChI=1S/C18H17N3O3/c1-12-2-7-15(19-10-12)20-18(24)14-5-3-13(4-6-14)11-21-16(22)8-9-17(21)23/h2-7,10H,8-9,11H2,1H3,(H,19,20,24). The molecule has 1 N–H and O–H groups in total. The van der Waals surface area contributed by atoms with Gasteiger partial charge in [0.25, 0.3) is 5.91 Å². The van der Waals surface area contributed by atoms with E-state index in [1.165, 1.54) is 4.90 Å². The van der Waals surface area contributed by atoms with Gasteiger partial charge in [0.2, 0.25) is 11.8 Å². The average molecular weight is 323 g/mol. The van der Waals surface area contributed by atoms with Crippen LogP contribution in [0.15, 0.2) is 42.6 Å². The molecule has 0 spiro atoms. The minimum absolute atomic E-state index is 0.146. The van der Waals surface area contributed by atoms with E-state index in [9.17, 15) is 14.4 Å². The van der Waals surface area contributed by atoms with Crippen LogP contribution in [0.1, 0.15) is 34.3 Å². The summed E-state index contributed by atoms with van der Waals surface area (Å²) in [5, 5.41) is 2.72. The molecule has 1 aliphatic heterocycles. The molecule has 0 saturated carbocycles. The molecule has 0 radical (unpaired) electrons. The molecule has 0 bridgehead atoms. The Morgan fingerprint density at radius 2 is 1.75 bits per heavy atom. The van der Waals surface area contributed by atoms with E-state index in [1.807, 2.05) is 13.0 Å². The molecule has 0 atom stereocenters. The van der Waals surface area contributed by atoms with Gasteiger partial charge in [-0.05, 0) is 36.2 Å². The Kier molecular flexibility index (Phi) is 4.37. The smallest absolute Gasteiger partial charge is 0.256 e. The molecular formula is C18H17N3O3. The molecule has 1 fully saturated rings. The van der Waals surface area contributed by atoms with E-state index in [0.29, 0.717) is 11.4 Å². The summed E-state index contributed by atoms with van der Waals surface area (Å²) >= 11 is 0. The van der Waals surface area contributed by atoms with Crippen LogP contribution < -0.4 is 5.32 Å². The lowest BCUT2D eigenvalue weighted by atomic mass is 10.1. The van der Waals surface area contributed by atoms with Crippen molar-refractivity contribution in [3.8, 4) is 0 Å². The van der Waals surface area contributed by atoms with E-state index in [1.54, 1.807) is 36.5 Å². The summed E-state index contributed by atoms with van der Waals surface area (Å²) in [6.07, 6.45) is 2.24. The predicted molar refractivity (Wildman–Crippen MR) is 88.2 cm³/mol. The number of nitrogens with zero attached hydrogens (tertiary/aromatic N) is 2. The van der Waals surface area contributed by atoms with Gasteiger partial charge in [-0.1, -0.05) is 18.2 Å². The number of anilines is 1. The van der Waals surface area contributed by atoms with Gasteiger partial charge in [-0.3, -0.25) is 19.3 Å². The number of pyridine rings is 1. The molecule has 2 aromatic rings. The molecule has 1 aromatic heterocycles. The number of carbonyl (C=O) groups is 3. The molecule has 6 heteroatoms. The second-order valence-electron chi connectivity index (χ2n) is 5.75. The molecule has 1 aliphatic rings. The van der Waals surface area contributed by atoms with Gasteiger partial charge in [0, 0.05) is 24.6 Å². The third-order valence-corrected chi connectivity index (χ3v) is 3.86. The van der Waals surface area contributed by atoms with Gasteiger partial charge < -0.3 is 5.32 Å². The van der Waals surface area contributed by atoms with E-state index in [2.05, 4.69) is 10.3 Å². The maximum Gasteiger partial charge on any atom is 0.256 e. The topological polar surface area (TPSA) is 79.4 Å². The summed E-state index contributed by atoms with van der Waals surface area (Å²) in [7, 11) is 0. The van der Waals surface area contributed by atoms with E-state index >= 15 is 0 Å². The summed E-state index contributed by atoms with van der Waals surface area (Å²) in [6.45, 7) is 2.17. The molecule has 1 saturated heterocycles.